The molecule has 0 radical (unpaired) electrons. The van der Waals surface area contributed by atoms with Gasteiger partial charge in [-0.25, -0.2) is 0 Å². The van der Waals surface area contributed by atoms with Crippen LogP contribution < -0.4 is 0 Å². The van der Waals surface area contributed by atoms with Gasteiger partial charge >= 0.3 is 0 Å². The molecule has 0 aromatic carbocycles. The summed E-state index contributed by atoms with van der Waals surface area (Å²) < 4.78 is 5.95. The summed E-state index contributed by atoms with van der Waals surface area (Å²) in [5.74, 6) is 1.64. The van der Waals surface area contributed by atoms with Crippen LogP contribution in [-0.2, 0) is 4.65 Å². The van der Waals surface area contributed by atoms with E-state index in [9.17, 15) is 0 Å². The van der Waals surface area contributed by atoms with Gasteiger partial charge in [-0.3, -0.25) is 0 Å². The van der Waals surface area contributed by atoms with E-state index in [4.69, 9.17) is 4.65 Å². The highest BCUT2D eigenvalue weighted by molar-refractivity contribution is 6.53. The quantitative estimate of drug-likeness (QED) is 0.536. The van der Waals surface area contributed by atoms with E-state index < -0.39 is 0 Å². The molecule has 0 spiro atoms. The molecule has 2 heteroatoms. The summed E-state index contributed by atoms with van der Waals surface area (Å²) in [4.78, 5) is 0. The zero-order chi connectivity index (χ0) is 10.7. The van der Waals surface area contributed by atoms with Crippen molar-refractivity contribution >= 4 is 6.92 Å². The molecule has 2 aliphatic rings. The van der Waals surface area contributed by atoms with E-state index in [0.29, 0.717) is 23.8 Å². The molecular formula is C12H23BO. The van der Waals surface area contributed by atoms with Crippen molar-refractivity contribution in [3.05, 3.63) is 0 Å². The van der Waals surface area contributed by atoms with E-state index in [2.05, 4.69) is 41.4 Å². The van der Waals surface area contributed by atoms with Gasteiger partial charge in [0, 0.05) is 6.10 Å². The molecule has 1 aliphatic heterocycles. The number of fused-ring (bicyclic) bond motifs is 1. The molecule has 0 bridgehead atoms. The second-order valence-corrected chi connectivity index (χ2v) is 6.46. The molecule has 80 valence electrons. The van der Waals surface area contributed by atoms with E-state index in [1.165, 1.54) is 6.42 Å². The third-order valence-electron chi connectivity index (χ3n) is 5.39. The molecule has 1 saturated heterocycles. The molecule has 0 N–H and O–H groups in total. The minimum Gasteiger partial charge on any atom is -0.434 e. The van der Waals surface area contributed by atoms with Crippen LogP contribution in [0.5, 0.6) is 0 Å². The summed E-state index contributed by atoms with van der Waals surface area (Å²) in [5.41, 5.74) is 0.932. The first-order valence-electron chi connectivity index (χ1n) is 5.94. The van der Waals surface area contributed by atoms with Crippen molar-refractivity contribution in [3.63, 3.8) is 0 Å². The van der Waals surface area contributed by atoms with Crippen molar-refractivity contribution in [3.8, 4) is 0 Å². The molecule has 0 amide bonds. The van der Waals surface area contributed by atoms with Gasteiger partial charge in [0.25, 0.3) is 6.92 Å². The van der Waals surface area contributed by atoms with Crippen LogP contribution in [0, 0.1) is 16.7 Å². The van der Waals surface area contributed by atoms with Crippen LogP contribution in [0.15, 0.2) is 0 Å². The first kappa shape index (κ1) is 10.5. The lowest BCUT2D eigenvalue weighted by Gasteiger charge is -2.68. The van der Waals surface area contributed by atoms with Crippen LogP contribution in [-0.4, -0.2) is 13.0 Å². The highest BCUT2D eigenvalue weighted by Crippen LogP contribution is 2.71. The minimum absolute atomic E-state index is 0.442. The number of rotatable bonds is 0. The van der Waals surface area contributed by atoms with Gasteiger partial charge in [0.1, 0.15) is 0 Å². The molecule has 1 nitrogen and oxygen atoms in total. The minimum atomic E-state index is 0.442. The normalized spacial score (nSPS) is 44.1. The van der Waals surface area contributed by atoms with Gasteiger partial charge in [0.2, 0.25) is 0 Å². The standard InChI is InChI=1S/C12H23BO/c1-8-7-9-10(13(6)14-8)12(4,5)11(9,2)3/h8-10H,7H2,1-6H3. The highest BCUT2D eigenvalue weighted by Gasteiger charge is 2.65. The van der Waals surface area contributed by atoms with Gasteiger partial charge in [0.05, 0.1) is 0 Å². The first-order valence-corrected chi connectivity index (χ1v) is 5.94. The largest absolute Gasteiger partial charge is 0.434 e. The Morgan fingerprint density at radius 2 is 1.71 bits per heavy atom. The average molecular weight is 194 g/mol. The monoisotopic (exact) mass is 194 g/mol. The fourth-order valence-corrected chi connectivity index (χ4v) is 3.98. The zero-order valence-corrected chi connectivity index (χ0v) is 10.4. The number of hydrogen-bond acceptors (Lipinski definition) is 1. The van der Waals surface area contributed by atoms with Gasteiger partial charge < -0.3 is 4.65 Å². The van der Waals surface area contributed by atoms with E-state index in [1.54, 1.807) is 0 Å². The lowest BCUT2D eigenvalue weighted by Crippen LogP contribution is -2.64. The van der Waals surface area contributed by atoms with Crippen LogP contribution >= 0.6 is 0 Å². The van der Waals surface area contributed by atoms with Gasteiger partial charge in [-0.2, -0.15) is 0 Å². The van der Waals surface area contributed by atoms with Crippen LogP contribution in [0.25, 0.3) is 0 Å². The molecule has 0 aromatic rings. The summed E-state index contributed by atoms with van der Waals surface area (Å²) >= 11 is 0. The predicted octanol–water partition coefficient (Wildman–Crippen LogP) is 3.47. The van der Waals surface area contributed by atoms with Crippen molar-refractivity contribution in [2.45, 2.75) is 59.8 Å². The van der Waals surface area contributed by atoms with Crippen molar-refractivity contribution in [1.29, 1.82) is 0 Å². The summed E-state index contributed by atoms with van der Waals surface area (Å²) in [6.45, 7) is 14.6. The van der Waals surface area contributed by atoms with Gasteiger partial charge in [0.15, 0.2) is 0 Å². The Morgan fingerprint density at radius 1 is 1.14 bits per heavy atom. The summed E-state index contributed by atoms with van der Waals surface area (Å²) in [7, 11) is 0. The third kappa shape index (κ3) is 1.07. The molecular weight excluding hydrogens is 171 g/mol. The lowest BCUT2D eigenvalue weighted by atomic mass is 9.27. The average Bonchev–Trinajstić information content (AvgIpc) is 2.01. The summed E-state index contributed by atoms with van der Waals surface area (Å²) in [5, 5.41) is 0. The molecule has 1 aliphatic carbocycles. The van der Waals surface area contributed by atoms with Crippen molar-refractivity contribution in [2.75, 3.05) is 0 Å². The number of hydrogen-bond donors (Lipinski definition) is 0. The Hall–Kier alpha value is 0.0249. The Kier molecular flexibility index (Phi) is 2.09. The van der Waals surface area contributed by atoms with E-state index in [1.807, 2.05) is 0 Å². The second kappa shape index (κ2) is 2.78. The second-order valence-electron chi connectivity index (χ2n) is 6.46. The van der Waals surface area contributed by atoms with E-state index >= 15 is 0 Å². The first-order chi connectivity index (χ1) is 6.28. The smallest absolute Gasteiger partial charge is 0.294 e. The molecule has 2 rings (SSSR count). The van der Waals surface area contributed by atoms with Crippen molar-refractivity contribution in [2.24, 2.45) is 16.7 Å². The van der Waals surface area contributed by atoms with E-state index in [0.717, 1.165) is 11.7 Å². The van der Waals surface area contributed by atoms with Gasteiger partial charge in [-0.05, 0) is 35.9 Å². The lowest BCUT2D eigenvalue weighted by molar-refractivity contribution is -0.130. The van der Waals surface area contributed by atoms with Gasteiger partial charge in [-0.15, -0.1) is 0 Å². The Labute approximate surface area is 88.7 Å². The molecule has 1 heterocycles. The van der Waals surface area contributed by atoms with Crippen molar-refractivity contribution < 1.29 is 4.65 Å². The van der Waals surface area contributed by atoms with Crippen molar-refractivity contribution in [1.82, 2.24) is 0 Å². The molecule has 0 aromatic heterocycles. The highest BCUT2D eigenvalue weighted by atomic mass is 16.4. The molecule has 14 heavy (non-hydrogen) atoms. The van der Waals surface area contributed by atoms with Crippen LogP contribution in [0.3, 0.4) is 0 Å². The fourth-order valence-electron chi connectivity index (χ4n) is 3.98. The summed E-state index contributed by atoms with van der Waals surface area (Å²) in [6.07, 6.45) is 1.72. The molecule has 1 saturated carbocycles. The van der Waals surface area contributed by atoms with Crippen LogP contribution in [0.4, 0.5) is 0 Å². The topological polar surface area (TPSA) is 9.23 Å². The zero-order valence-electron chi connectivity index (χ0n) is 10.4. The molecule has 2 fully saturated rings. The predicted molar refractivity (Wildman–Crippen MR) is 61.6 cm³/mol. The summed E-state index contributed by atoms with van der Waals surface area (Å²) in [6, 6.07) is 0. The Bertz CT molecular complexity index is 247. The van der Waals surface area contributed by atoms with Crippen LogP contribution in [0.2, 0.25) is 12.6 Å². The van der Waals surface area contributed by atoms with Gasteiger partial charge in [-0.1, -0.05) is 34.5 Å². The SMILES string of the molecule is CB1OC(C)CC2C1C(C)(C)C2(C)C. The van der Waals surface area contributed by atoms with E-state index in [-0.39, 0.29) is 0 Å². The Balaban J connectivity index is 2.24. The Morgan fingerprint density at radius 3 is 2.29 bits per heavy atom. The maximum absolute atomic E-state index is 5.95. The fraction of sp³-hybridized carbons (Fsp3) is 1.00. The maximum atomic E-state index is 5.95. The maximum Gasteiger partial charge on any atom is 0.294 e. The molecule has 3 unspecified atom stereocenters. The molecule has 3 atom stereocenters. The van der Waals surface area contributed by atoms with Crippen LogP contribution in [0.1, 0.15) is 41.0 Å². The third-order valence-corrected chi connectivity index (χ3v) is 5.39.